The maximum Gasteiger partial charge on any atom is 0.334 e. The molecule has 0 radical (unpaired) electrons. The van der Waals surface area contributed by atoms with E-state index in [1.54, 1.807) is 0 Å². The lowest BCUT2D eigenvalue weighted by Gasteiger charge is -2.23. The lowest BCUT2D eigenvalue weighted by atomic mass is 9.98. The maximum atomic E-state index is 11.9. The predicted molar refractivity (Wildman–Crippen MR) is 76.7 cm³/mol. The Morgan fingerprint density at radius 1 is 0.952 bits per heavy atom. The van der Waals surface area contributed by atoms with Crippen molar-refractivity contribution in [2.24, 2.45) is 0 Å². The van der Waals surface area contributed by atoms with Gasteiger partial charge < -0.3 is 14.2 Å². The lowest BCUT2D eigenvalue weighted by molar-refractivity contribution is -0.154. The molecule has 0 N–H and O–H groups in total. The molecule has 21 heavy (non-hydrogen) atoms. The molecule has 1 aliphatic carbocycles. The minimum Gasteiger partial charge on any atom is -0.462 e. The van der Waals surface area contributed by atoms with Crippen LogP contribution in [0.15, 0.2) is 12.2 Å². The van der Waals surface area contributed by atoms with E-state index in [1.807, 2.05) is 0 Å². The minimum atomic E-state index is -0.498. The minimum absolute atomic E-state index is 0.00515. The van der Waals surface area contributed by atoms with E-state index >= 15 is 0 Å². The highest BCUT2D eigenvalue weighted by Gasteiger charge is 2.23. The van der Waals surface area contributed by atoms with Crippen molar-refractivity contribution >= 4 is 11.9 Å². The van der Waals surface area contributed by atoms with Crippen LogP contribution < -0.4 is 0 Å². The Labute approximate surface area is 125 Å². The summed E-state index contributed by atoms with van der Waals surface area (Å²) >= 11 is 0. The Morgan fingerprint density at radius 3 is 2.24 bits per heavy atom. The van der Waals surface area contributed by atoms with Gasteiger partial charge in [-0.3, -0.25) is 4.79 Å². The van der Waals surface area contributed by atoms with Crippen LogP contribution in [0.4, 0.5) is 0 Å². The Kier molecular flexibility index (Phi) is 6.23. The van der Waals surface area contributed by atoms with Gasteiger partial charge in [0.05, 0.1) is 19.6 Å². The second kappa shape index (κ2) is 8.17. The molecular weight excluding hydrogens is 272 g/mol. The molecular formula is C16H24O5. The Morgan fingerprint density at radius 2 is 1.57 bits per heavy atom. The van der Waals surface area contributed by atoms with Crippen molar-refractivity contribution < 1.29 is 23.8 Å². The highest BCUT2D eigenvalue weighted by atomic mass is 16.6. The van der Waals surface area contributed by atoms with Gasteiger partial charge in [0, 0.05) is 18.4 Å². The molecule has 0 aromatic carbocycles. The molecule has 1 aliphatic heterocycles. The average Bonchev–Trinajstić information content (AvgIpc) is 2.49. The second-order valence-corrected chi connectivity index (χ2v) is 5.75. The fourth-order valence-electron chi connectivity index (χ4n) is 2.69. The molecule has 0 aromatic heterocycles. The van der Waals surface area contributed by atoms with Crippen LogP contribution in [-0.4, -0.2) is 37.4 Å². The van der Waals surface area contributed by atoms with Gasteiger partial charge >= 0.3 is 11.9 Å². The third-order valence-electron chi connectivity index (χ3n) is 3.94. The SMILES string of the molecule is C=C(CC(=O)OC1CCCCC1)C(=O)OC1CCOCC1. The van der Waals surface area contributed by atoms with E-state index in [9.17, 15) is 9.59 Å². The highest BCUT2D eigenvalue weighted by molar-refractivity contribution is 5.93. The van der Waals surface area contributed by atoms with Crippen LogP contribution in [0.1, 0.15) is 51.4 Å². The van der Waals surface area contributed by atoms with Crippen LogP contribution in [0.3, 0.4) is 0 Å². The summed E-state index contributed by atoms with van der Waals surface area (Å²) in [4.78, 5) is 23.7. The molecule has 0 atom stereocenters. The zero-order chi connectivity index (χ0) is 15.1. The first-order chi connectivity index (χ1) is 10.1. The fourth-order valence-corrected chi connectivity index (χ4v) is 2.69. The van der Waals surface area contributed by atoms with Crippen molar-refractivity contribution in [2.45, 2.75) is 63.6 Å². The quantitative estimate of drug-likeness (QED) is 0.576. The number of carbonyl (C=O) groups excluding carboxylic acids is 2. The predicted octanol–water partition coefficient (Wildman–Crippen LogP) is 2.53. The highest BCUT2D eigenvalue weighted by Crippen LogP contribution is 2.21. The molecule has 0 aromatic rings. The number of hydrogen-bond acceptors (Lipinski definition) is 5. The van der Waals surface area contributed by atoms with Gasteiger partial charge in [0.1, 0.15) is 12.2 Å². The van der Waals surface area contributed by atoms with E-state index in [1.165, 1.54) is 6.42 Å². The molecule has 2 aliphatic rings. The third kappa shape index (κ3) is 5.50. The molecule has 0 amide bonds. The average molecular weight is 296 g/mol. The van der Waals surface area contributed by atoms with Crippen molar-refractivity contribution in [3.8, 4) is 0 Å². The molecule has 2 fully saturated rings. The number of rotatable bonds is 5. The molecule has 1 heterocycles. The summed E-state index contributed by atoms with van der Waals surface area (Å²) in [6.45, 7) is 4.86. The standard InChI is InChI=1S/C16H24O5/c1-12(16(18)21-14-7-9-19-10-8-14)11-15(17)20-13-5-3-2-4-6-13/h13-14H,1-11H2. The molecule has 118 valence electrons. The van der Waals surface area contributed by atoms with Crippen LogP contribution in [0.25, 0.3) is 0 Å². The van der Waals surface area contributed by atoms with E-state index in [0.29, 0.717) is 26.1 Å². The molecule has 0 unspecified atom stereocenters. The molecule has 5 heteroatoms. The summed E-state index contributed by atoms with van der Waals surface area (Å²) in [5.74, 6) is -0.877. The topological polar surface area (TPSA) is 61.8 Å². The first kappa shape index (κ1) is 16.0. The first-order valence-corrected chi connectivity index (χ1v) is 7.81. The summed E-state index contributed by atoms with van der Waals surface area (Å²) < 4.78 is 15.9. The third-order valence-corrected chi connectivity index (χ3v) is 3.94. The van der Waals surface area contributed by atoms with Crippen molar-refractivity contribution in [2.75, 3.05) is 13.2 Å². The Hall–Kier alpha value is -1.36. The van der Waals surface area contributed by atoms with Crippen LogP contribution in [0.2, 0.25) is 0 Å². The first-order valence-electron chi connectivity index (χ1n) is 7.81. The van der Waals surface area contributed by atoms with Crippen LogP contribution in [0, 0.1) is 0 Å². The van der Waals surface area contributed by atoms with Gasteiger partial charge in [-0.25, -0.2) is 4.79 Å². The Bertz CT molecular complexity index is 378. The van der Waals surface area contributed by atoms with Crippen molar-refractivity contribution in [3.63, 3.8) is 0 Å². The van der Waals surface area contributed by atoms with E-state index in [2.05, 4.69) is 6.58 Å². The number of ether oxygens (including phenoxy) is 3. The zero-order valence-corrected chi connectivity index (χ0v) is 12.5. The van der Waals surface area contributed by atoms with Gasteiger partial charge in [-0.1, -0.05) is 13.0 Å². The summed E-state index contributed by atoms with van der Waals surface area (Å²) in [7, 11) is 0. The molecule has 2 rings (SSSR count). The number of esters is 2. The molecule has 1 saturated carbocycles. The van der Waals surface area contributed by atoms with Crippen molar-refractivity contribution in [1.82, 2.24) is 0 Å². The Balaban J connectivity index is 1.69. The van der Waals surface area contributed by atoms with Gasteiger partial charge in [0.15, 0.2) is 0 Å². The normalized spacial score (nSPS) is 20.8. The van der Waals surface area contributed by atoms with Crippen LogP contribution in [-0.2, 0) is 23.8 Å². The number of hydrogen-bond donors (Lipinski definition) is 0. The molecule has 0 spiro atoms. The maximum absolute atomic E-state index is 11.9. The van der Waals surface area contributed by atoms with Gasteiger partial charge in [0.2, 0.25) is 0 Å². The fraction of sp³-hybridized carbons (Fsp3) is 0.750. The van der Waals surface area contributed by atoms with Gasteiger partial charge in [-0.05, 0) is 25.7 Å². The zero-order valence-electron chi connectivity index (χ0n) is 12.5. The van der Waals surface area contributed by atoms with Gasteiger partial charge in [0.25, 0.3) is 0 Å². The monoisotopic (exact) mass is 296 g/mol. The summed E-state index contributed by atoms with van der Waals surface area (Å²) in [6, 6.07) is 0. The summed E-state index contributed by atoms with van der Waals surface area (Å²) in [6.07, 6.45) is 6.45. The van der Waals surface area contributed by atoms with E-state index in [0.717, 1.165) is 25.7 Å². The largest absolute Gasteiger partial charge is 0.462 e. The number of carbonyl (C=O) groups is 2. The second-order valence-electron chi connectivity index (χ2n) is 5.75. The van der Waals surface area contributed by atoms with Crippen molar-refractivity contribution in [1.29, 1.82) is 0 Å². The van der Waals surface area contributed by atoms with E-state index in [4.69, 9.17) is 14.2 Å². The van der Waals surface area contributed by atoms with Crippen molar-refractivity contribution in [3.05, 3.63) is 12.2 Å². The van der Waals surface area contributed by atoms with E-state index < -0.39 is 5.97 Å². The van der Waals surface area contributed by atoms with Gasteiger partial charge in [-0.2, -0.15) is 0 Å². The van der Waals surface area contributed by atoms with Gasteiger partial charge in [-0.15, -0.1) is 0 Å². The van der Waals surface area contributed by atoms with Crippen LogP contribution >= 0.6 is 0 Å². The smallest absolute Gasteiger partial charge is 0.334 e. The summed E-state index contributed by atoms with van der Waals surface area (Å²) in [5.41, 5.74) is 0.169. The summed E-state index contributed by atoms with van der Waals surface area (Å²) in [5, 5.41) is 0. The molecule has 0 bridgehead atoms. The van der Waals surface area contributed by atoms with Crippen LogP contribution in [0.5, 0.6) is 0 Å². The van der Waals surface area contributed by atoms with E-state index in [-0.39, 0.29) is 30.2 Å². The molecule has 1 saturated heterocycles. The lowest BCUT2D eigenvalue weighted by Crippen LogP contribution is -2.27. The molecule has 5 nitrogen and oxygen atoms in total.